The number of aliphatic hydroxyl groups excluding tert-OH is 1. The lowest BCUT2D eigenvalue weighted by Crippen LogP contribution is -2.35. The molecule has 3 aromatic carbocycles. The SMILES string of the molecule is NC(=O)c1ccc(N2CCC([C@@H](O)c3ccccc3-c3ccc(C(F)(F)F)cc3)CC2)cc1. The van der Waals surface area contributed by atoms with Gasteiger partial charge >= 0.3 is 6.18 Å². The number of halogens is 3. The zero-order valence-corrected chi connectivity index (χ0v) is 17.9. The van der Waals surface area contributed by atoms with Crippen molar-refractivity contribution in [3.63, 3.8) is 0 Å². The molecule has 1 atom stereocenters. The predicted octanol–water partition coefficient (Wildman–Crippen LogP) is 5.42. The summed E-state index contributed by atoms with van der Waals surface area (Å²) in [4.78, 5) is 13.5. The number of piperidine rings is 1. The maximum Gasteiger partial charge on any atom is 0.416 e. The molecule has 172 valence electrons. The van der Waals surface area contributed by atoms with Gasteiger partial charge in [0, 0.05) is 24.3 Å². The van der Waals surface area contributed by atoms with Crippen molar-refractivity contribution < 1.29 is 23.1 Å². The van der Waals surface area contributed by atoms with Crippen LogP contribution in [0.15, 0.2) is 72.8 Å². The Bertz CT molecular complexity index is 1100. The average Bonchev–Trinajstić information content (AvgIpc) is 2.83. The van der Waals surface area contributed by atoms with Crippen molar-refractivity contribution in [1.29, 1.82) is 0 Å². The van der Waals surface area contributed by atoms with Gasteiger partial charge in [0.1, 0.15) is 0 Å². The number of carbonyl (C=O) groups excluding carboxylic acids is 1. The van der Waals surface area contributed by atoms with Gasteiger partial charge in [0.05, 0.1) is 11.7 Å². The second-order valence-electron chi connectivity index (χ2n) is 8.34. The second-order valence-corrected chi connectivity index (χ2v) is 8.34. The average molecular weight is 454 g/mol. The van der Waals surface area contributed by atoms with E-state index < -0.39 is 23.8 Å². The fourth-order valence-electron chi connectivity index (χ4n) is 4.42. The molecule has 0 spiro atoms. The predicted molar refractivity (Wildman–Crippen MR) is 122 cm³/mol. The van der Waals surface area contributed by atoms with Crippen LogP contribution in [-0.4, -0.2) is 24.1 Å². The molecular weight excluding hydrogens is 429 g/mol. The van der Waals surface area contributed by atoms with E-state index in [4.69, 9.17) is 5.73 Å². The number of benzene rings is 3. The molecule has 4 nitrogen and oxygen atoms in total. The zero-order valence-electron chi connectivity index (χ0n) is 17.9. The maximum atomic E-state index is 12.9. The van der Waals surface area contributed by atoms with Gasteiger partial charge in [0.15, 0.2) is 0 Å². The number of nitrogens with zero attached hydrogens (tertiary/aromatic N) is 1. The smallest absolute Gasteiger partial charge is 0.388 e. The molecular formula is C26H25F3N2O2. The largest absolute Gasteiger partial charge is 0.416 e. The minimum Gasteiger partial charge on any atom is -0.388 e. The number of alkyl halides is 3. The molecule has 0 radical (unpaired) electrons. The summed E-state index contributed by atoms with van der Waals surface area (Å²) >= 11 is 0. The van der Waals surface area contributed by atoms with Gasteiger partial charge in [-0.3, -0.25) is 4.79 Å². The lowest BCUT2D eigenvalue weighted by atomic mass is 9.84. The van der Waals surface area contributed by atoms with Crippen LogP contribution in [0, 0.1) is 5.92 Å². The van der Waals surface area contributed by atoms with Crippen LogP contribution in [0.4, 0.5) is 18.9 Å². The summed E-state index contributed by atoms with van der Waals surface area (Å²) in [7, 11) is 0. The molecule has 7 heteroatoms. The van der Waals surface area contributed by atoms with Gasteiger partial charge < -0.3 is 15.7 Å². The normalized spacial score (nSPS) is 15.9. The summed E-state index contributed by atoms with van der Waals surface area (Å²) in [5, 5.41) is 11.2. The van der Waals surface area contributed by atoms with Crippen molar-refractivity contribution in [2.75, 3.05) is 18.0 Å². The first-order valence-electron chi connectivity index (χ1n) is 10.8. The molecule has 3 N–H and O–H groups in total. The van der Waals surface area contributed by atoms with Crippen LogP contribution in [0.25, 0.3) is 11.1 Å². The Kier molecular flexibility index (Phi) is 6.42. The number of hydrogen-bond acceptors (Lipinski definition) is 3. The number of amides is 1. The minimum absolute atomic E-state index is 0.0294. The van der Waals surface area contributed by atoms with Crippen molar-refractivity contribution in [2.24, 2.45) is 11.7 Å². The van der Waals surface area contributed by atoms with Crippen LogP contribution >= 0.6 is 0 Å². The van der Waals surface area contributed by atoms with Crippen LogP contribution in [-0.2, 0) is 6.18 Å². The number of anilines is 1. The van der Waals surface area contributed by atoms with E-state index >= 15 is 0 Å². The van der Waals surface area contributed by atoms with Crippen molar-refractivity contribution >= 4 is 11.6 Å². The lowest BCUT2D eigenvalue weighted by Gasteiger charge is -2.36. The molecule has 0 aliphatic carbocycles. The van der Waals surface area contributed by atoms with E-state index in [9.17, 15) is 23.1 Å². The Morgan fingerprint density at radius 3 is 2.12 bits per heavy atom. The van der Waals surface area contributed by atoms with Gasteiger partial charge in [-0.05, 0) is 71.8 Å². The van der Waals surface area contributed by atoms with E-state index in [0.29, 0.717) is 11.1 Å². The van der Waals surface area contributed by atoms with Crippen LogP contribution in [0.1, 0.15) is 40.4 Å². The van der Waals surface area contributed by atoms with Crippen molar-refractivity contribution in [3.8, 4) is 11.1 Å². The molecule has 0 bridgehead atoms. The highest BCUT2D eigenvalue weighted by atomic mass is 19.4. The quantitative estimate of drug-likeness (QED) is 0.541. The lowest BCUT2D eigenvalue weighted by molar-refractivity contribution is -0.137. The van der Waals surface area contributed by atoms with Crippen LogP contribution in [0.3, 0.4) is 0 Å². The first-order valence-corrected chi connectivity index (χ1v) is 10.8. The molecule has 1 amide bonds. The van der Waals surface area contributed by atoms with Crippen LogP contribution < -0.4 is 10.6 Å². The first kappa shape index (κ1) is 22.9. The van der Waals surface area contributed by atoms with E-state index in [1.807, 2.05) is 36.4 Å². The molecule has 0 saturated carbocycles. The van der Waals surface area contributed by atoms with Crippen molar-refractivity contribution in [2.45, 2.75) is 25.1 Å². The van der Waals surface area contributed by atoms with E-state index in [1.165, 1.54) is 12.1 Å². The highest BCUT2D eigenvalue weighted by Gasteiger charge is 2.31. The monoisotopic (exact) mass is 454 g/mol. The molecule has 1 saturated heterocycles. The van der Waals surface area contributed by atoms with E-state index in [0.717, 1.165) is 54.9 Å². The third-order valence-corrected chi connectivity index (χ3v) is 6.31. The van der Waals surface area contributed by atoms with E-state index in [2.05, 4.69) is 4.90 Å². The second kappa shape index (κ2) is 9.27. The molecule has 0 aromatic heterocycles. The Morgan fingerprint density at radius 1 is 0.939 bits per heavy atom. The summed E-state index contributed by atoms with van der Waals surface area (Å²) in [5.41, 5.74) is 8.17. The standard InChI is InChI=1S/C26H25F3N2O2/c27-26(28,29)20-9-5-17(6-10-20)22-3-1-2-4-23(22)24(32)18-13-15-31(16-14-18)21-11-7-19(8-12-21)25(30)33/h1-12,18,24,32H,13-16H2,(H2,30,33)/t24-/m1/s1. The number of hydrogen-bond donors (Lipinski definition) is 2. The minimum atomic E-state index is -4.38. The molecule has 1 heterocycles. The molecule has 1 fully saturated rings. The number of aliphatic hydroxyl groups is 1. The summed E-state index contributed by atoms with van der Waals surface area (Å²) < 4.78 is 38.8. The summed E-state index contributed by atoms with van der Waals surface area (Å²) in [6.07, 6.45) is -3.57. The molecule has 0 unspecified atom stereocenters. The van der Waals surface area contributed by atoms with E-state index in [-0.39, 0.29) is 5.92 Å². The number of rotatable bonds is 5. The summed E-state index contributed by atoms with van der Waals surface area (Å²) in [6.45, 7) is 1.50. The molecule has 1 aliphatic heterocycles. The molecule has 33 heavy (non-hydrogen) atoms. The van der Waals surface area contributed by atoms with Gasteiger partial charge in [-0.25, -0.2) is 0 Å². The topological polar surface area (TPSA) is 66.6 Å². The summed E-state index contributed by atoms with van der Waals surface area (Å²) in [6, 6.07) is 19.5. The fraction of sp³-hybridized carbons (Fsp3) is 0.269. The van der Waals surface area contributed by atoms with Crippen molar-refractivity contribution in [1.82, 2.24) is 0 Å². The Hall–Kier alpha value is -3.32. The van der Waals surface area contributed by atoms with Gasteiger partial charge in [-0.15, -0.1) is 0 Å². The first-order chi connectivity index (χ1) is 15.7. The third-order valence-electron chi connectivity index (χ3n) is 6.31. The molecule has 4 rings (SSSR count). The highest BCUT2D eigenvalue weighted by molar-refractivity contribution is 5.93. The van der Waals surface area contributed by atoms with Crippen LogP contribution in [0.5, 0.6) is 0 Å². The van der Waals surface area contributed by atoms with Gasteiger partial charge in [0.2, 0.25) is 5.91 Å². The number of primary amides is 1. The Morgan fingerprint density at radius 2 is 1.55 bits per heavy atom. The van der Waals surface area contributed by atoms with Crippen molar-refractivity contribution in [3.05, 3.63) is 89.5 Å². The van der Waals surface area contributed by atoms with E-state index in [1.54, 1.807) is 12.1 Å². The zero-order chi connectivity index (χ0) is 23.6. The van der Waals surface area contributed by atoms with Gasteiger partial charge in [-0.2, -0.15) is 13.2 Å². The Labute approximate surface area is 190 Å². The van der Waals surface area contributed by atoms with Gasteiger partial charge in [-0.1, -0.05) is 36.4 Å². The third kappa shape index (κ3) is 5.03. The molecule has 3 aromatic rings. The number of carbonyl (C=O) groups is 1. The number of nitrogens with two attached hydrogens (primary N) is 1. The fourth-order valence-corrected chi connectivity index (χ4v) is 4.42. The maximum absolute atomic E-state index is 12.9. The van der Waals surface area contributed by atoms with Crippen LogP contribution in [0.2, 0.25) is 0 Å². The summed E-state index contributed by atoms with van der Waals surface area (Å²) in [5.74, 6) is -0.433. The molecule has 1 aliphatic rings. The highest BCUT2D eigenvalue weighted by Crippen LogP contribution is 2.38. The Balaban J connectivity index is 1.47. The van der Waals surface area contributed by atoms with Gasteiger partial charge in [0.25, 0.3) is 0 Å².